The van der Waals surface area contributed by atoms with Gasteiger partial charge in [-0.1, -0.05) is 12.1 Å². The maximum atomic E-state index is 5.53. The molecule has 0 spiro atoms. The average molecular weight is 239 g/mol. The third kappa shape index (κ3) is 1.79. The summed E-state index contributed by atoms with van der Waals surface area (Å²) in [6.07, 6.45) is 3.27. The van der Waals surface area contributed by atoms with Gasteiger partial charge in [0.15, 0.2) is 0 Å². The van der Waals surface area contributed by atoms with Crippen molar-refractivity contribution in [3.05, 3.63) is 48.2 Å². The zero-order chi connectivity index (χ0) is 12.5. The van der Waals surface area contributed by atoms with E-state index in [2.05, 4.69) is 25.6 Å². The Kier molecular flexibility index (Phi) is 2.44. The van der Waals surface area contributed by atoms with Gasteiger partial charge in [-0.05, 0) is 19.1 Å². The molecule has 0 aliphatic heterocycles. The fourth-order valence-electron chi connectivity index (χ4n) is 2.00. The highest BCUT2D eigenvalue weighted by molar-refractivity contribution is 5.75. The molecule has 0 aliphatic carbocycles. The Bertz CT molecular complexity index is 684. The van der Waals surface area contributed by atoms with Crippen molar-refractivity contribution >= 4 is 16.9 Å². The molecular formula is C13H13N5. The van der Waals surface area contributed by atoms with Crippen molar-refractivity contribution in [2.24, 2.45) is 0 Å². The van der Waals surface area contributed by atoms with Gasteiger partial charge in [-0.3, -0.25) is 4.98 Å². The first-order valence-electron chi connectivity index (χ1n) is 5.72. The number of hydrogen-bond acceptors (Lipinski definition) is 4. The summed E-state index contributed by atoms with van der Waals surface area (Å²) < 4.78 is 2.12. The molecule has 0 aliphatic rings. The van der Waals surface area contributed by atoms with Crippen LogP contribution in [0.1, 0.15) is 11.5 Å². The molecule has 3 rings (SSSR count). The van der Waals surface area contributed by atoms with Crippen LogP contribution in [0.3, 0.4) is 0 Å². The van der Waals surface area contributed by atoms with Crippen LogP contribution in [0.4, 0.5) is 5.82 Å². The summed E-state index contributed by atoms with van der Waals surface area (Å²) in [5.74, 6) is 1.40. The van der Waals surface area contributed by atoms with Crippen LogP contribution in [0, 0.1) is 6.92 Å². The van der Waals surface area contributed by atoms with E-state index >= 15 is 0 Å². The number of nitrogens with two attached hydrogens (primary N) is 1. The van der Waals surface area contributed by atoms with Crippen LogP contribution in [-0.4, -0.2) is 19.5 Å². The summed E-state index contributed by atoms with van der Waals surface area (Å²) in [6, 6.07) is 8.06. The number of aryl methyl sites for hydroxylation is 1. The molecule has 90 valence electrons. The number of nitrogen functional groups attached to an aromatic ring is 1. The van der Waals surface area contributed by atoms with Crippen molar-refractivity contribution in [2.45, 2.75) is 13.5 Å². The first-order chi connectivity index (χ1) is 8.74. The molecule has 2 aromatic heterocycles. The number of aromatic nitrogens is 4. The number of nitrogens with zero attached hydrogens (tertiary/aromatic N) is 4. The van der Waals surface area contributed by atoms with Gasteiger partial charge in [0.05, 0.1) is 35.7 Å². The molecule has 18 heavy (non-hydrogen) atoms. The van der Waals surface area contributed by atoms with Crippen molar-refractivity contribution in [2.75, 3.05) is 5.73 Å². The first-order valence-corrected chi connectivity index (χ1v) is 5.72. The van der Waals surface area contributed by atoms with Gasteiger partial charge in [-0.2, -0.15) is 0 Å². The first kappa shape index (κ1) is 10.7. The van der Waals surface area contributed by atoms with Crippen molar-refractivity contribution in [3.8, 4) is 0 Å². The van der Waals surface area contributed by atoms with Gasteiger partial charge in [-0.25, -0.2) is 9.97 Å². The van der Waals surface area contributed by atoms with Crippen molar-refractivity contribution in [1.29, 1.82) is 0 Å². The average Bonchev–Trinajstić information content (AvgIpc) is 2.69. The molecule has 0 atom stereocenters. The minimum Gasteiger partial charge on any atom is -0.382 e. The number of fused-ring (bicyclic) bond motifs is 1. The van der Waals surface area contributed by atoms with E-state index in [1.807, 2.05) is 25.1 Å². The lowest BCUT2D eigenvalue weighted by molar-refractivity contribution is 0.760. The Morgan fingerprint density at radius 3 is 2.78 bits per heavy atom. The monoisotopic (exact) mass is 239 g/mol. The molecule has 0 radical (unpaired) electrons. The maximum absolute atomic E-state index is 5.53. The molecule has 5 heteroatoms. The Labute approximate surface area is 104 Å². The number of imidazole rings is 1. The Hall–Kier alpha value is -2.43. The van der Waals surface area contributed by atoms with E-state index in [0.717, 1.165) is 22.6 Å². The van der Waals surface area contributed by atoms with Gasteiger partial charge in [0.1, 0.15) is 11.6 Å². The third-order valence-electron chi connectivity index (χ3n) is 2.89. The molecule has 1 aromatic carbocycles. The Morgan fingerprint density at radius 1 is 1.17 bits per heavy atom. The number of rotatable bonds is 2. The predicted molar refractivity (Wildman–Crippen MR) is 70.0 cm³/mol. The normalized spacial score (nSPS) is 10.9. The van der Waals surface area contributed by atoms with E-state index < -0.39 is 0 Å². The van der Waals surface area contributed by atoms with Gasteiger partial charge in [0.2, 0.25) is 0 Å². The minimum atomic E-state index is 0.436. The van der Waals surface area contributed by atoms with Gasteiger partial charge >= 0.3 is 0 Å². The predicted octanol–water partition coefficient (Wildman–Crippen LogP) is 1.77. The standard InChI is InChI=1S/C13H13N5/c1-9-17-11-4-2-3-5-12(11)18(9)8-10-6-16-13(14)7-15-10/h2-7H,8H2,1H3,(H2,14,16). The molecule has 0 saturated heterocycles. The second-order valence-electron chi connectivity index (χ2n) is 4.17. The number of benzene rings is 1. The smallest absolute Gasteiger partial charge is 0.141 e. The zero-order valence-electron chi connectivity index (χ0n) is 10.0. The van der Waals surface area contributed by atoms with E-state index in [1.54, 1.807) is 12.4 Å². The molecular weight excluding hydrogens is 226 g/mol. The third-order valence-corrected chi connectivity index (χ3v) is 2.89. The summed E-state index contributed by atoms with van der Waals surface area (Å²) in [5.41, 5.74) is 8.50. The highest BCUT2D eigenvalue weighted by atomic mass is 15.1. The highest BCUT2D eigenvalue weighted by Crippen LogP contribution is 2.16. The van der Waals surface area contributed by atoms with E-state index in [9.17, 15) is 0 Å². The summed E-state index contributed by atoms with van der Waals surface area (Å²) >= 11 is 0. The van der Waals surface area contributed by atoms with Crippen LogP contribution >= 0.6 is 0 Å². The number of anilines is 1. The van der Waals surface area contributed by atoms with Crippen molar-refractivity contribution < 1.29 is 0 Å². The van der Waals surface area contributed by atoms with Crippen LogP contribution in [0.25, 0.3) is 11.0 Å². The number of para-hydroxylation sites is 2. The lowest BCUT2D eigenvalue weighted by Crippen LogP contribution is -2.05. The quantitative estimate of drug-likeness (QED) is 0.739. The Balaban J connectivity index is 2.04. The second kappa shape index (κ2) is 4.10. The molecule has 3 aromatic rings. The van der Waals surface area contributed by atoms with Crippen molar-refractivity contribution in [1.82, 2.24) is 19.5 Å². The molecule has 0 amide bonds. The SMILES string of the molecule is Cc1nc2ccccc2n1Cc1cnc(N)cn1. The van der Waals surface area contributed by atoms with E-state index in [0.29, 0.717) is 12.4 Å². The molecule has 2 N–H and O–H groups in total. The van der Waals surface area contributed by atoms with Crippen LogP contribution < -0.4 is 5.73 Å². The second-order valence-corrected chi connectivity index (χ2v) is 4.17. The molecule has 0 fully saturated rings. The largest absolute Gasteiger partial charge is 0.382 e. The van der Waals surface area contributed by atoms with Crippen LogP contribution in [0.5, 0.6) is 0 Å². The lowest BCUT2D eigenvalue weighted by atomic mass is 10.3. The summed E-state index contributed by atoms with van der Waals surface area (Å²) in [7, 11) is 0. The van der Waals surface area contributed by atoms with Crippen LogP contribution in [0.2, 0.25) is 0 Å². The van der Waals surface area contributed by atoms with E-state index in [-0.39, 0.29) is 0 Å². The topological polar surface area (TPSA) is 69.6 Å². The molecule has 0 unspecified atom stereocenters. The van der Waals surface area contributed by atoms with E-state index in [1.165, 1.54) is 0 Å². The van der Waals surface area contributed by atoms with Gasteiger partial charge < -0.3 is 10.3 Å². The molecule has 0 saturated carbocycles. The summed E-state index contributed by atoms with van der Waals surface area (Å²) in [6.45, 7) is 2.64. The lowest BCUT2D eigenvalue weighted by Gasteiger charge is -2.06. The summed E-state index contributed by atoms with van der Waals surface area (Å²) in [5, 5.41) is 0. The molecule has 2 heterocycles. The number of hydrogen-bond donors (Lipinski definition) is 1. The maximum Gasteiger partial charge on any atom is 0.141 e. The molecule has 5 nitrogen and oxygen atoms in total. The van der Waals surface area contributed by atoms with Gasteiger partial charge in [-0.15, -0.1) is 0 Å². The van der Waals surface area contributed by atoms with Gasteiger partial charge in [0.25, 0.3) is 0 Å². The van der Waals surface area contributed by atoms with Crippen LogP contribution in [0.15, 0.2) is 36.7 Å². The fourth-order valence-corrected chi connectivity index (χ4v) is 2.00. The minimum absolute atomic E-state index is 0.436. The fraction of sp³-hybridized carbons (Fsp3) is 0.154. The highest BCUT2D eigenvalue weighted by Gasteiger charge is 2.07. The van der Waals surface area contributed by atoms with E-state index in [4.69, 9.17) is 5.73 Å². The summed E-state index contributed by atoms with van der Waals surface area (Å²) in [4.78, 5) is 12.8. The van der Waals surface area contributed by atoms with Crippen LogP contribution in [-0.2, 0) is 6.54 Å². The Morgan fingerprint density at radius 2 is 2.00 bits per heavy atom. The van der Waals surface area contributed by atoms with Crippen molar-refractivity contribution in [3.63, 3.8) is 0 Å². The van der Waals surface area contributed by atoms with Gasteiger partial charge in [0, 0.05) is 0 Å². The zero-order valence-corrected chi connectivity index (χ0v) is 10.0. The molecule has 0 bridgehead atoms.